The van der Waals surface area contributed by atoms with Gasteiger partial charge in [0.1, 0.15) is 5.15 Å². The normalized spacial score (nSPS) is 10.6. The van der Waals surface area contributed by atoms with E-state index in [0.717, 1.165) is 50.5 Å². The second kappa shape index (κ2) is 22.9. The summed E-state index contributed by atoms with van der Waals surface area (Å²) in [7, 11) is -1.52. The molecule has 0 saturated carbocycles. The maximum Gasteiger partial charge on any atom is 0.488 e. The van der Waals surface area contributed by atoms with Crippen molar-refractivity contribution >= 4 is 70.6 Å². The highest BCUT2D eigenvalue weighted by molar-refractivity contribution is 6.59. The van der Waals surface area contributed by atoms with Crippen LogP contribution in [0.2, 0.25) is 25.2 Å². The summed E-state index contributed by atoms with van der Waals surface area (Å²) < 4.78 is 0. The first-order valence-corrected chi connectivity index (χ1v) is 23.1. The van der Waals surface area contributed by atoms with E-state index in [0.29, 0.717) is 42.4 Å². The highest BCUT2D eigenvalue weighted by Gasteiger charge is 2.14. The Labute approximate surface area is 420 Å². The van der Waals surface area contributed by atoms with Gasteiger partial charge >= 0.3 is 7.12 Å². The molecule has 0 fully saturated rings. The molecule has 2 N–H and O–H groups in total. The van der Waals surface area contributed by atoms with Gasteiger partial charge in [0.2, 0.25) is 0 Å². The van der Waals surface area contributed by atoms with Gasteiger partial charge in [-0.25, -0.2) is 19.9 Å². The smallest absolute Gasteiger partial charge is 0.423 e. The summed E-state index contributed by atoms with van der Waals surface area (Å²) in [5.74, 6) is 1.29. The standard InChI is InChI=1S/C28H18Cl2N2.C22H15ClN2.C6H5BCl2O2/c29-24-15-23(16-25(30)17-24)27-18-26(31-28(32-27)22-9-5-2-6-10-22)21-13-11-20(12-14-21)19-7-3-1-4-8-19;23-21-15-20(24-22(25-21)19-9-5-2-6-10-19)18-13-11-17(12-14-18)16-7-3-1-4-8-16;8-5-1-4(7(10)11)2-6(9)3-5/h1-18H;1-15H;1-3,10-11H. The van der Waals surface area contributed by atoms with Gasteiger partial charge in [0.05, 0.1) is 17.1 Å². The molecule has 2 heterocycles. The molecule has 8 aromatic carbocycles. The number of hydrogen-bond donors (Lipinski definition) is 2. The third kappa shape index (κ3) is 12.9. The van der Waals surface area contributed by atoms with Gasteiger partial charge in [-0.05, 0) is 70.2 Å². The average Bonchev–Trinajstić information content (AvgIpc) is 3.37. The molecule has 0 aliphatic rings. The fraction of sp³-hybridized carbons (Fsp3) is 0. The van der Waals surface area contributed by atoms with Crippen LogP contribution < -0.4 is 5.46 Å². The van der Waals surface area contributed by atoms with Crippen LogP contribution in [0.15, 0.2) is 218 Å². The molecule has 0 amide bonds. The first-order chi connectivity index (χ1) is 33.0. The Morgan fingerprint density at radius 1 is 0.279 bits per heavy atom. The molecule has 0 atom stereocenters. The van der Waals surface area contributed by atoms with Crippen molar-refractivity contribution in [1.29, 1.82) is 0 Å². The Bertz CT molecular complexity index is 3200. The second-order valence-electron chi connectivity index (χ2n) is 15.2. The van der Waals surface area contributed by atoms with Crippen LogP contribution in [0.3, 0.4) is 0 Å². The van der Waals surface area contributed by atoms with Crippen LogP contribution in [0.5, 0.6) is 0 Å². The van der Waals surface area contributed by atoms with Crippen LogP contribution in [0.4, 0.5) is 0 Å². The Balaban J connectivity index is 0.000000154. The van der Waals surface area contributed by atoms with Gasteiger partial charge in [0.25, 0.3) is 0 Å². The zero-order chi connectivity index (χ0) is 47.4. The van der Waals surface area contributed by atoms with Gasteiger partial charge < -0.3 is 10.0 Å². The Morgan fingerprint density at radius 2 is 0.588 bits per heavy atom. The first-order valence-electron chi connectivity index (χ1n) is 21.2. The fourth-order valence-corrected chi connectivity index (χ4v) is 8.35. The number of hydrogen-bond acceptors (Lipinski definition) is 6. The molecule has 0 aliphatic carbocycles. The highest BCUT2D eigenvalue weighted by atomic mass is 35.5. The van der Waals surface area contributed by atoms with Crippen LogP contribution in [-0.4, -0.2) is 37.1 Å². The van der Waals surface area contributed by atoms with Crippen molar-refractivity contribution < 1.29 is 10.0 Å². The molecular weight excluding hydrogens is 949 g/mol. The molecule has 2 aromatic heterocycles. The predicted molar refractivity (Wildman–Crippen MR) is 283 cm³/mol. The van der Waals surface area contributed by atoms with Crippen molar-refractivity contribution in [2.75, 3.05) is 0 Å². The minimum Gasteiger partial charge on any atom is -0.423 e. The predicted octanol–water partition coefficient (Wildman–Crippen LogP) is 15.3. The zero-order valence-electron chi connectivity index (χ0n) is 35.9. The van der Waals surface area contributed by atoms with Crippen molar-refractivity contribution in [3.63, 3.8) is 0 Å². The monoisotopic (exact) mass is 984 g/mol. The molecule has 68 heavy (non-hydrogen) atoms. The molecule has 0 bridgehead atoms. The summed E-state index contributed by atoms with van der Waals surface area (Å²) in [6, 6.07) is 70.8. The molecule has 0 aliphatic heterocycles. The SMILES string of the molecule is Clc1cc(-c2ccc(-c3ccccc3)cc2)nc(-c2ccccc2)n1.Clc1cc(Cl)cc(-c2cc(-c3ccc(-c4ccccc4)cc3)nc(-c3ccccc3)n2)c1.OB(O)c1cc(Cl)cc(Cl)c1. The van der Waals surface area contributed by atoms with Crippen molar-refractivity contribution in [3.05, 3.63) is 244 Å². The summed E-state index contributed by atoms with van der Waals surface area (Å²) in [6.45, 7) is 0. The molecule has 0 radical (unpaired) electrons. The number of nitrogens with zero attached hydrogens (tertiary/aromatic N) is 4. The number of rotatable bonds is 8. The summed E-state index contributed by atoms with van der Waals surface area (Å²) in [5, 5.41) is 19.8. The maximum absolute atomic E-state index is 8.71. The van der Waals surface area contributed by atoms with E-state index >= 15 is 0 Å². The fourth-order valence-electron chi connectivity index (χ4n) is 7.10. The van der Waals surface area contributed by atoms with E-state index in [4.69, 9.17) is 78.0 Å². The van der Waals surface area contributed by atoms with Gasteiger partial charge in [-0.1, -0.05) is 228 Å². The van der Waals surface area contributed by atoms with Gasteiger partial charge in [0, 0.05) is 54.0 Å². The van der Waals surface area contributed by atoms with Crippen LogP contribution in [0, 0.1) is 0 Å². The van der Waals surface area contributed by atoms with E-state index in [1.165, 1.54) is 34.9 Å². The van der Waals surface area contributed by atoms with Crippen molar-refractivity contribution in [1.82, 2.24) is 19.9 Å². The molecule has 12 heteroatoms. The summed E-state index contributed by atoms with van der Waals surface area (Å²) in [6.07, 6.45) is 0. The van der Waals surface area contributed by atoms with E-state index in [9.17, 15) is 0 Å². The first kappa shape index (κ1) is 47.8. The molecular formula is C56H38BCl5N4O2. The zero-order valence-corrected chi connectivity index (χ0v) is 39.7. The van der Waals surface area contributed by atoms with E-state index < -0.39 is 7.12 Å². The molecule has 332 valence electrons. The topological polar surface area (TPSA) is 92.0 Å². The molecule has 0 saturated heterocycles. The quantitative estimate of drug-likeness (QED) is 0.116. The van der Waals surface area contributed by atoms with E-state index in [2.05, 4.69) is 82.8 Å². The number of aromatic nitrogens is 4. The molecule has 6 nitrogen and oxygen atoms in total. The average molecular weight is 987 g/mol. The maximum atomic E-state index is 8.71. The van der Waals surface area contributed by atoms with Crippen molar-refractivity contribution in [3.8, 4) is 78.8 Å². The second-order valence-corrected chi connectivity index (χ2v) is 17.3. The van der Waals surface area contributed by atoms with Gasteiger partial charge in [-0.3, -0.25) is 0 Å². The third-order valence-electron chi connectivity index (χ3n) is 10.4. The van der Waals surface area contributed by atoms with Gasteiger partial charge in [0.15, 0.2) is 11.6 Å². The Morgan fingerprint density at radius 3 is 0.985 bits per heavy atom. The minimum absolute atomic E-state index is 0.294. The minimum atomic E-state index is -1.52. The number of halogens is 5. The van der Waals surface area contributed by atoms with E-state index in [1.807, 2.05) is 115 Å². The molecule has 10 rings (SSSR count). The van der Waals surface area contributed by atoms with Crippen LogP contribution in [0.25, 0.3) is 78.8 Å². The van der Waals surface area contributed by atoms with Crippen LogP contribution in [-0.2, 0) is 0 Å². The summed E-state index contributed by atoms with van der Waals surface area (Å²) in [5.41, 5.74) is 12.2. The number of benzene rings is 8. The third-order valence-corrected chi connectivity index (χ3v) is 11.5. The lowest BCUT2D eigenvalue weighted by atomic mass is 9.80. The van der Waals surface area contributed by atoms with E-state index in [-0.39, 0.29) is 0 Å². The summed E-state index contributed by atoms with van der Waals surface area (Å²) in [4.78, 5) is 18.7. The van der Waals surface area contributed by atoms with Crippen molar-refractivity contribution in [2.24, 2.45) is 0 Å². The van der Waals surface area contributed by atoms with Gasteiger partial charge in [-0.2, -0.15) is 0 Å². The van der Waals surface area contributed by atoms with E-state index in [1.54, 1.807) is 12.1 Å². The van der Waals surface area contributed by atoms with Crippen molar-refractivity contribution in [2.45, 2.75) is 0 Å². The lowest BCUT2D eigenvalue weighted by molar-refractivity contribution is 0.426. The molecule has 0 unspecified atom stereocenters. The highest BCUT2D eigenvalue weighted by Crippen LogP contribution is 2.32. The van der Waals surface area contributed by atoms with Crippen LogP contribution in [0.1, 0.15) is 0 Å². The Hall–Kier alpha value is -6.65. The Kier molecular flexibility index (Phi) is 16.1. The molecule has 10 aromatic rings. The largest absolute Gasteiger partial charge is 0.488 e. The lowest BCUT2D eigenvalue weighted by Crippen LogP contribution is -2.29. The summed E-state index contributed by atoms with van der Waals surface area (Å²) >= 11 is 29.9. The lowest BCUT2D eigenvalue weighted by Gasteiger charge is -2.10. The van der Waals surface area contributed by atoms with Crippen LogP contribution >= 0.6 is 58.0 Å². The molecule has 0 spiro atoms. The van der Waals surface area contributed by atoms with Gasteiger partial charge in [-0.15, -0.1) is 0 Å².